The maximum atomic E-state index is 6.10. The van der Waals surface area contributed by atoms with E-state index in [0.717, 1.165) is 29.2 Å². The van der Waals surface area contributed by atoms with Crippen molar-refractivity contribution in [2.24, 2.45) is 7.05 Å². The molecule has 0 aliphatic carbocycles. The number of hydrogen-bond donors (Lipinski definition) is 1. The first kappa shape index (κ1) is 14.1. The summed E-state index contributed by atoms with van der Waals surface area (Å²) < 4.78 is 1.83. The number of rotatable bonds is 5. The van der Waals surface area contributed by atoms with E-state index >= 15 is 0 Å². The maximum absolute atomic E-state index is 6.10. The minimum atomic E-state index is 0.122. The number of benzene rings is 1. The molecular formula is C15H20ClN3. The molecule has 2 aromatic rings. The number of aryl methyl sites for hydroxylation is 2. The standard InChI is InChI=1S/C15H20ClN3/c1-4-8-17-15(14-7-9-19(3)18-14)12-5-6-13(16)11(2)10-12/h5-7,9-10,15,17H,4,8H2,1-3H3. The van der Waals surface area contributed by atoms with Crippen molar-refractivity contribution in [3.05, 3.63) is 52.3 Å². The molecule has 3 nitrogen and oxygen atoms in total. The van der Waals surface area contributed by atoms with Gasteiger partial charge in [-0.3, -0.25) is 4.68 Å². The van der Waals surface area contributed by atoms with Gasteiger partial charge in [0.25, 0.3) is 0 Å². The van der Waals surface area contributed by atoms with E-state index in [9.17, 15) is 0 Å². The van der Waals surface area contributed by atoms with Gasteiger partial charge < -0.3 is 5.32 Å². The highest BCUT2D eigenvalue weighted by Gasteiger charge is 2.16. The van der Waals surface area contributed by atoms with E-state index < -0.39 is 0 Å². The molecule has 1 atom stereocenters. The second kappa shape index (κ2) is 6.22. The highest BCUT2D eigenvalue weighted by Crippen LogP contribution is 2.24. The van der Waals surface area contributed by atoms with Gasteiger partial charge in [0.15, 0.2) is 0 Å². The molecule has 0 bridgehead atoms. The first-order valence-corrected chi connectivity index (χ1v) is 6.98. The van der Waals surface area contributed by atoms with Crippen LogP contribution in [0.2, 0.25) is 5.02 Å². The van der Waals surface area contributed by atoms with Gasteiger partial charge in [-0.05, 0) is 43.1 Å². The molecule has 1 aromatic heterocycles. The SMILES string of the molecule is CCCNC(c1ccc(Cl)c(C)c1)c1ccn(C)n1. The Morgan fingerprint density at radius 1 is 1.37 bits per heavy atom. The van der Waals surface area contributed by atoms with Crippen molar-refractivity contribution in [2.45, 2.75) is 26.3 Å². The summed E-state index contributed by atoms with van der Waals surface area (Å²) >= 11 is 6.10. The molecule has 102 valence electrons. The fourth-order valence-electron chi connectivity index (χ4n) is 2.12. The van der Waals surface area contributed by atoms with Crippen LogP contribution in [0.4, 0.5) is 0 Å². The predicted molar refractivity (Wildman–Crippen MR) is 79.5 cm³/mol. The zero-order valence-corrected chi connectivity index (χ0v) is 12.4. The summed E-state index contributed by atoms with van der Waals surface area (Å²) in [5.74, 6) is 0. The van der Waals surface area contributed by atoms with Gasteiger partial charge in [0.05, 0.1) is 11.7 Å². The fraction of sp³-hybridized carbons (Fsp3) is 0.400. The molecule has 2 rings (SSSR count). The van der Waals surface area contributed by atoms with Crippen molar-refractivity contribution in [2.75, 3.05) is 6.54 Å². The Hall–Kier alpha value is -1.32. The smallest absolute Gasteiger partial charge is 0.0839 e. The summed E-state index contributed by atoms with van der Waals surface area (Å²) in [4.78, 5) is 0. The van der Waals surface area contributed by atoms with Gasteiger partial charge in [-0.1, -0.05) is 30.7 Å². The molecule has 0 aliphatic rings. The van der Waals surface area contributed by atoms with Crippen LogP contribution in [0.1, 0.15) is 36.2 Å². The highest BCUT2D eigenvalue weighted by atomic mass is 35.5. The third kappa shape index (κ3) is 3.37. The lowest BCUT2D eigenvalue weighted by Crippen LogP contribution is -2.23. The van der Waals surface area contributed by atoms with Crippen LogP contribution in [0.5, 0.6) is 0 Å². The summed E-state index contributed by atoms with van der Waals surface area (Å²) in [5.41, 5.74) is 3.34. The number of nitrogens with one attached hydrogen (secondary N) is 1. The molecule has 4 heteroatoms. The monoisotopic (exact) mass is 277 g/mol. The number of hydrogen-bond acceptors (Lipinski definition) is 2. The number of aromatic nitrogens is 2. The topological polar surface area (TPSA) is 29.9 Å². The Morgan fingerprint density at radius 2 is 2.16 bits per heavy atom. The zero-order chi connectivity index (χ0) is 13.8. The molecule has 0 saturated carbocycles. The second-order valence-electron chi connectivity index (χ2n) is 4.81. The molecule has 1 heterocycles. The van der Waals surface area contributed by atoms with Crippen LogP contribution in [-0.2, 0) is 7.05 Å². The molecule has 0 amide bonds. The largest absolute Gasteiger partial charge is 0.305 e. The lowest BCUT2D eigenvalue weighted by Gasteiger charge is -2.18. The van der Waals surface area contributed by atoms with Crippen LogP contribution in [0.15, 0.2) is 30.5 Å². The van der Waals surface area contributed by atoms with Crippen LogP contribution in [0.3, 0.4) is 0 Å². The Balaban J connectivity index is 2.33. The molecule has 0 spiro atoms. The quantitative estimate of drug-likeness (QED) is 0.907. The van der Waals surface area contributed by atoms with E-state index in [2.05, 4.69) is 35.5 Å². The van der Waals surface area contributed by atoms with Crippen molar-refractivity contribution in [1.82, 2.24) is 15.1 Å². The van der Waals surface area contributed by atoms with Crippen molar-refractivity contribution in [3.63, 3.8) is 0 Å². The van der Waals surface area contributed by atoms with Crippen LogP contribution in [-0.4, -0.2) is 16.3 Å². The summed E-state index contributed by atoms with van der Waals surface area (Å²) in [5, 5.41) is 8.86. The molecule has 1 aromatic carbocycles. The van der Waals surface area contributed by atoms with Gasteiger partial charge in [-0.15, -0.1) is 0 Å². The van der Waals surface area contributed by atoms with Crippen molar-refractivity contribution < 1.29 is 0 Å². The van der Waals surface area contributed by atoms with Gasteiger partial charge in [0.1, 0.15) is 0 Å². The Kier molecular flexibility index (Phi) is 4.61. The van der Waals surface area contributed by atoms with E-state index in [-0.39, 0.29) is 6.04 Å². The number of halogens is 1. The summed E-state index contributed by atoms with van der Waals surface area (Å²) in [6, 6.07) is 8.33. The maximum Gasteiger partial charge on any atom is 0.0839 e. The van der Waals surface area contributed by atoms with Gasteiger partial charge in [0, 0.05) is 18.3 Å². The molecule has 0 fully saturated rings. The molecule has 0 saturated heterocycles. The van der Waals surface area contributed by atoms with Gasteiger partial charge >= 0.3 is 0 Å². The normalized spacial score (nSPS) is 12.6. The molecular weight excluding hydrogens is 258 g/mol. The minimum Gasteiger partial charge on any atom is -0.305 e. The fourth-order valence-corrected chi connectivity index (χ4v) is 2.23. The minimum absolute atomic E-state index is 0.122. The van der Waals surface area contributed by atoms with Crippen molar-refractivity contribution in [3.8, 4) is 0 Å². The molecule has 1 N–H and O–H groups in total. The van der Waals surface area contributed by atoms with E-state index in [0.29, 0.717) is 0 Å². The van der Waals surface area contributed by atoms with Gasteiger partial charge in [0.2, 0.25) is 0 Å². The summed E-state index contributed by atoms with van der Waals surface area (Å²) in [7, 11) is 1.94. The van der Waals surface area contributed by atoms with Crippen LogP contribution >= 0.6 is 11.6 Å². The lowest BCUT2D eigenvalue weighted by atomic mass is 10.0. The average molecular weight is 278 g/mol. The molecule has 0 radical (unpaired) electrons. The summed E-state index contributed by atoms with van der Waals surface area (Å²) in [6.07, 6.45) is 3.06. The first-order valence-electron chi connectivity index (χ1n) is 6.60. The van der Waals surface area contributed by atoms with E-state index in [4.69, 9.17) is 11.6 Å². The Bertz CT molecular complexity index is 548. The van der Waals surface area contributed by atoms with Crippen molar-refractivity contribution >= 4 is 11.6 Å². The molecule has 19 heavy (non-hydrogen) atoms. The molecule has 0 aliphatic heterocycles. The predicted octanol–water partition coefficient (Wildman–Crippen LogP) is 3.47. The lowest BCUT2D eigenvalue weighted by molar-refractivity contribution is 0.575. The van der Waals surface area contributed by atoms with Gasteiger partial charge in [-0.25, -0.2) is 0 Å². The average Bonchev–Trinajstić information content (AvgIpc) is 2.80. The van der Waals surface area contributed by atoms with E-state index in [1.165, 1.54) is 5.56 Å². The van der Waals surface area contributed by atoms with Crippen LogP contribution < -0.4 is 5.32 Å². The summed E-state index contributed by atoms with van der Waals surface area (Å²) in [6.45, 7) is 5.15. The third-order valence-electron chi connectivity index (χ3n) is 3.14. The van der Waals surface area contributed by atoms with Crippen LogP contribution in [0, 0.1) is 6.92 Å². The Labute approximate surface area is 119 Å². The second-order valence-corrected chi connectivity index (χ2v) is 5.22. The van der Waals surface area contributed by atoms with Gasteiger partial charge in [-0.2, -0.15) is 5.10 Å². The van der Waals surface area contributed by atoms with Crippen molar-refractivity contribution in [1.29, 1.82) is 0 Å². The van der Waals surface area contributed by atoms with E-state index in [1.54, 1.807) is 0 Å². The zero-order valence-electron chi connectivity index (χ0n) is 11.7. The Morgan fingerprint density at radius 3 is 2.74 bits per heavy atom. The highest BCUT2D eigenvalue weighted by molar-refractivity contribution is 6.31. The van der Waals surface area contributed by atoms with Crippen LogP contribution in [0.25, 0.3) is 0 Å². The molecule has 1 unspecified atom stereocenters. The van der Waals surface area contributed by atoms with E-state index in [1.807, 2.05) is 30.9 Å². The first-order chi connectivity index (χ1) is 9.11. The number of nitrogens with zero attached hydrogens (tertiary/aromatic N) is 2. The third-order valence-corrected chi connectivity index (χ3v) is 3.57.